The standard InChI is InChI=1S/C19H18BrN3O2/c1-25-13-15-3-2-4-16(11-15)19(24)22-18-9-10-21-23(18)12-14-5-7-17(20)8-6-14/h2-11H,12-13H2,1H3,(H,22,24). The minimum absolute atomic E-state index is 0.171. The molecule has 0 saturated heterocycles. The molecule has 0 saturated carbocycles. The Labute approximate surface area is 154 Å². The van der Waals surface area contributed by atoms with E-state index in [1.165, 1.54) is 0 Å². The molecule has 1 N–H and O–H groups in total. The highest BCUT2D eigenvalue weighted by atomic mass is 79.9. The normalized spacial score (nSPS) is 10.6. The molecule has 5 nitrogen and oxygen atoms in total. The van der Waals surface area contributed by atoms with E-state index in [0.29, 0.717) is 24.5 Å². The van der Waals surface area contributed by atoms with Crippen molar-refractivity contribution in [2.45, 2.75) is 13.2 Å². The molecule has 0 aliphatic carbocycles. The summed E-state index contributed by atoms with van der Waals surface area (Å²) < 4.78 is 7.91. The molecule has 1 amide bonds. The summed E-state index contributed by atoms with van der Waals surface area (Å²) >= 11 is 3.42. The average molecular weight is 400 g/mol. The number of nitrogens with zero attached hydrogens (tertiary/aromatic N) is 2. The highest BCUT2D eigenvalue weighted by Gasteiger charge is 2.10. The summed E-state index contributed by atoms with van der Waals surface area (Å²) in [4.78, 5) is 12.5. The molecule has 0 unspecified atom stereocenters. The van der Waals surface area contributed by atoms with Gasteiger partial charge in [-0.25, -0.2) is 4.68 Å². The largest absolute Gasteiger partial charge is 0.380 e. The van der Waals surface area contributed by atoms with Gasteiger partial charge in [0.15, 0.2) is 0 Å². The summed E-state index contributed by atoms with van der Waals surface area (Å²) in [6.07, 6.45) is 1.68. The Kier molecular flexibility index (Phi) is 5.63. The average Bonchev–Trinajstić information content (AvgIpc) is 3.04. The summed E-state index contributed by atoms with van der Waals surface area (Å²) in [5.41, 5.74) is 2.65. The van der Waals surface area contributed by atoms with Crippen LogP contribution in [0, 0.1) is 0 Å². The van der Waals surface area contributed by atoms with Gasteiger partial charge in [-0.2, -0.15) is 5.10 Å². The molecule has 3 rings (SSSR count). The second-order valence-corrected chi connectivity index (χ2v) is 6.50. The van der Waals surface area contributed by atoms with Gasteiger partial charge in [0, 0.05) is 23.2 Å². The van der Waals surface area contributed by atoms with Crippen LogP contribution < -0.4 is 5.32 Å². The third-order valence-electron chi connectivity index (χ3n) is 3.70. The van der Waals surface area contributed by atoms with Crippen LogP contribution in [0.2, 0.25) is 0 Å². The smallest absolute Gasteiger partial charge is 0.256 e. The quantitative estimate of drug-likeness (QED) is 0.678. The zero-order valence-electron chi connectivity index (χ0n) is 13.8. The zero-order chi connectivity index (χ0) is 17.6. The first kappa shape index (κ1) is 17.4. The first-order valence-electron chi connectivity index (χ1n) is 7.81. The van der Waals surface area contributed by atoms with Crippen molar-refractivity contribution in [3.05, 3.63) is 82.0 Å². The number of nitrogens with one attached hydrogen (secondary N) is 1. The molecule has 1 heterocycles. The number of amides is 1. The van der Waals surface area contributed by atoms with Crippen LogP contribution in [0.15, 0.2) is 65.3 Å². The van der Waals surface area contributed by atoms with E-state index < -0.39 is 0 Å². The predicted molar refractivity (Wildman–Crippen MR) is 101 cm³/mol. The summed E-state index contributed by atoms with van der Waals surface area (Å²) in [5, 5.41) is 7.22. The van der Waals surface area contributed by atoms with Crippen LogP contribution in [0.5, 0.6) is 0 Å². The Morgan fingerprint density at radius 1 is 1.16 bits per heavy atom. The molecule has 3 aromatic rings. The Morgan fingerprint density at radius 2 is 1.96 bits per heavy atom. The van der Waals surface area contributed by atoms with E-state index in [1.54, 1.807) is 30.1 Å². The minimum atomic E-state index is -0.171. The van der Waals surface area contributed by atoms with Gasteiger partial charge in [-0.05, 0) is 35.4 Å². The lowest BCUT2D eigenvalue weighted by atomic mass is 10.1. The number of carbonyl (C=O) groups is 1. The van der Waals surface area contributed by atoms with Crippen molar-refractivity contribution in [2.75, 3.05) is 12.4 Å². The number of methoxy groups -OCH3 is 1. The van der Waals surface area contributed by atoms with Crippen molar-refractivity contribution in [3.8, 4) is 0 Å². The number of anilines is 1. The lowest BCUT2D eigenvalue weighted by molar-refractivity contribution is 0.102. The molecule has 2 aromatic carbocycles. The molecule has 0 bridgehead atoms. The fourth-order valence-corrected chi connectivity index (χ4v) is 2.75. The fourth-order valence-electron chi connectivity index (χ4n) is 2.49. The number of hydrogen-bond donors (Lipinski definition) is 1. The SMILES string of the molecule is COCc1cccc(C(=O)Nc2ccnn2Cc2ccc(Br)cc2)c1. The summed E-state index contributed by atoms with van der Waals surface area (Å²) in [5.74, 6) is 0.487. The molecule has 0 aliphatic rings. The number of benzene rings is 2. The van der Waals surface area contributed by atoms with Gasteiger partial charge in [0.05, 0.1) is 19.3 Å². The van der Waals surface area contributed by atoms with Crippen LogP contribution >= 0.6 is 15.9 Å². The summed E-state index contributed by atoms with van der Waals surface area (Å²) in [6, 6.07) is 17.2. The topological polar surface area (TPSA) is 56.1 Å². The number of carbonyl (C=O) groups excluding carboxylic acids is 1. The van der Waals surface area contributed by atoms with E-state index in [-0.39, 0.29) is 5.91 Å². The predicted octanol–water partition coefficient (Wildman–Crippen LogP) is 4.09. The highest BCUT2D eigenvalue weighted by Crippen LogP contribution is 2.15. The van der Waals surface area contributed by atoms with Crippen LogP contribution in [-0.2, 0) is 17.9 Å². The van der Waals surface area contributed by atoms with Gasteiger partial charge in [-0.1, -0.05) is 40.2 Å². The highest BCUT2D eigenvalue weighted by molar-refractivity contribution is 9.10. The molecule has 128 valence electrons. The molecule has 25 heavy (non-hydrogen) atoms. The molecule has 0 aliphatic heterocycles. The van der Waals surface area contributed by atoms with Crippen LogP contribution in [0.4, 0.5) is 5.82 Å². The number of ether oxygens (including phenoxy) is 1. The maximum atomic E-state index is 12.5. The van der Waals surface area contributed by atoms with Gasteiger partial charge in [-0.15, -0.1) is 0 Å². The Morgan fingerprint density at radius 3 is 2.72 bits per heavy atom. The fraction of sp³-hybridized carbons (Fsp3) is 0.158. The van der Waals surface area contributed by atoms with Crippen molar-refractivity contribution < 1.29 is 9.53 Å². The number of rotatable bonds is 6. The number of hydrogen-bond acceptors (Lipinski definition) is 3. The van der Waals surface area contributed by atoms with Gasteiger partial charge >= 0.3 is 0 Å². The molecule has 0 fully saturated rings. The Balaban J connectivity index is 1.73. The van der Waals surface area contributed by atoms with E-state index in [1.807, 2.05) is 42.5 Å². The van der Waals surface area contributed by atoms with Gasteiger partial charge in [-0.3, -0.25) is 4.79 Å². The molecule has 0 atom stereocenters. The molecule has 0 radical (unpaired) electrons. The second-order valence-electron chi connectivity index (χ2n) is 5.59. The lowest BCUT2D eigenvalue weighted by Crippen LogP contribution is -2.16. The van der Waals surface area contributed by atoms with Crippen LogP contribution in [0.3, 0.4) is 0 Å². The van der Waals surface area contributed by atoms with Gasteiger partial charge in [0.2, 0.25) is 0 Å². The van der Waals surface area contributed by atoms with Crippen LogP contribution in [0.25, 0.3) is 0 Å². The first-order chi connectivity index (χ1) is 12.2. The third kappa shape index (κ3) is 4.55. The minimum Gasteiger partial charge on any atom is -0.380 e. The van der Waals surface area contributed by atoms with E-state index >= 15 is 0 Å². The lowest BCUT2D eigenvalue weighted by Gasteiger charge is -2.10. The van der Waals surface area contributed by atoms with Gasteiger partial charge in [0.1, 0.15) is 5.82 Å². The number of halogens is 1. The van der Waals surface area contributed by atoms with Crippen LogP contribution in [-0.4, -0.2) is 22.8 Å². The maximum absolute atomic E-state index is 12.5. The zero-order valence-corrected chi connectivity index (χ0v) is 15.4. The van der Waals surface area contributed by atoms with E-state index in [4.69, 9.17) is 4.74 Å². The monoisotopic (exact) mass is 399 g/mol. The molecule has 0 spiro atoms. The van der Waals surface area contributed by atoms with E-state index in [2.05, 4.69) is 26.3 Å². The van der Waals surface area contributed by atoms with Gasteiger partial charge < -0.3 is 10.1 Å². The molecular weight excluding hydrogens is 382 g/mol. The first-order valence-corrected chi connectivity index (χ1v) is 8.60. The molecule has 1 aromatic heterocycles. The van der Waals surface area contributed by atoms with Crippen molar-refractivity contribution in [1.82, 2.24) is 9.78 Å². The molecule has 6 heteroatoms. The van der Waals surface area contributed by atoms with Gasteiger partial charge in [0.25, 0.3) is 5.91 Å². The number of aromatic nitrogens is 2. The maximum Gasteiger partial charge on any atom is 0.256 e. The second kappa shape index (κ2) is 8.09. The van der Waals surface area contributed by atoms with Crippen molar-refractivity contribution in [2.24, 2.45) is 0 Å². The van der Waals surface area contributed by atoms with E-state index in [0.717, 1.165) is 15.6 Å². The van der Waals surface area contributed by atoms with Crippen LogP contribution in [0.1, 0.15) is 21.5 Å². The van der Waals surface area contributed by atoms with Crippen molar-refractivity contribution >= 4 is 27.7 Å². The Hall–Kier alpha value is -2.44. The third-order valence-corrected chi connectivity index (χ3v) is 4.23. The van der Waals surface area contributed by atoms with E-state index in [9.17, 15) is 4.79 Å². The van der Waals surface area contributed by atoms with Crippen molar-refractivity contribution in [1.29, 1.82) is 0 Å². The Bertz CT molecular complexity index is 859. The molecular formula is C19H18BrN3O2. The van der Waals surface area contributed by atoms with Crippen molar-refractivity contribution in [3.63, 3.8) is 0 Å². The summed E-state index contributed by atoms with van der Waals surface area (Å²) in [7, 11) is 1.63. The summed E-state index contributed by atoms with van der Waals surface area (Å²) in [6.45, 7) is 1.06.